The minimum Gasteiger partial charge on any atom is -0.394 e. The van der Waals surface area contributed by atoms with Crippen LogP contribution in [0.15, 0.2) is 96.5 Å². The lowest BCUT2D eigenvalue weighted by Crippen LogP contribution is -2.17. The smallest absolute Gasteiger partial charge is 0.257 e. The number of fused-ring (bicyclic) bond motifs is 1. The molecule has 1 aliphatic rings. The van der Waals surface area contributed by atoms with Gasteiger partial charge in [-0.05, 0) is 38.4 Å². The Kier molecular flexibility index (Phi) is 7.67. The molecule has 1 N–H and O–H groups in total. The maximum Gasteiger partial charge on any atom is 0.257 e. The van der Waals surface area contributed by atoms with Gasteiger partial charge in [0.25, 0.3) is 5.91 Å². The van der Waals surface area contributed by atoms with Gasteiger partial charge in [0.1, 0.15) is 17.7 Å². The Labute approximate surface area is 221 Å². The van der Waals surface area contributed by atoms with E-state index in [2.05, 4.69) is 26.1 Å². The minimum absolute atomic E-state index is 0.126. The second-order valence-electron chi connectivity index (χ2n) is 9.01. The lowest BCUT2D eigenvalue weighted by molar-refractivity contribution is 0.102. The second-order valence-corrected chi connectivity index (χ2v) is 10.1. The molecular formula is C29H29N5O2S. The number of thioether (sulfide) groups is 1. The van der Waals surface area contributed by atoms with Crippen LogP contribution < -0.4 is 5.32 Å². The van der Waals surface area contributed by atoms with E-state index in [0.717, 1.165) is 40.4 Å². The molecule has 3 heterocycles. The van der Waals surface area contributed by atoms with Crippen LogP contribution in [-0.4, -0.2) is 53.3 Å². The van der Waals surface area contributed by atoms with Crippen molar-refractivity contribution in [2.45, 2.75) is 11.1 Å². The van der Waals surface area contributed by atoms with E-state index in [-0.39, 0.29) is 11.3 Å². The van der Waals surface area contributed by atoms with Crippen molar-refractivity contribution in [1.29, 1.82) is 0 Å². The molecule has 0 radical (unpaired) electrons. The van der Waals surface area contributed by atoms with Crippen LogP contribution in [-0.2, 0) is 10.6 Å². The largest absolute Gasteiger partial charge is 0.394 e. The van der Waals surface area contributed by atoms with Crippen molar-refractivity contribution in [1.82, 2.24) is 14.5 Å². The van der Waals surface area contributed by atoms with Crippen molar-refractivity contribution < 1.29 is 9.63 Å². The van der Waals surface area contributed by atoms with Crippen molar-refractivity contribution >= 4 is 29.1 Å². The SMILES string of the molecule is CN(C)CCO/N=C(\c1ccccc1)c1cccc(NC(=O)c2ccn3c2CSC3c2cccnc2)c1. The first-order valence-corrected chi connectivity index (χ1v) is 13.2. The average molecular weight is 512 g/mol. The fourth-order valence-electron chi connectivity index (χ4n) is 4.22. The number of nitrogens with zero attached hydrogens (tertiary/aromatic N) is 4. The molecule has 0 saturated carbocycles. The molecule has 37 heavy (non-hydrogen) atoms. The molecule has 0 fully saturated rings. The molecule has 5 rings (SSSR count). The summed E-state index contributed by atoms with van der Waals surface area (Å²) in [6, 6.07) is 23.5. The lowest BCUT2D eigenvalue weighted by Gasteiger charge is -2.12. The number of likely N-dealkylation sites (N-methyl/N-ethyl adjacent to an activating group) is 1. The van der Waals surface area contributed by atoms with E-state index in [9.17, 15) is 4.79 Å². The van der Waals surface area contributed by atoms with E-state index < -0.39 is 0 Å². The third-order valence-corrected chi connectivity index (χ3v) is 7.35. The Balaban J connectivity index is 1.35. The van der Waals surface area contributed by atoms with Gasteiger partial charge in [0.2, 0.25) is 0 Å². The quantitative estimate of drug-likeness (QED) is 0.189. The van der Waals surface area contributed by atoms with E-state index in [1.54, 1.807) is 18.0 Å². The zero-order valence-electron chi connectivity index (χ0n) is 20.9. The summed E-state index contributed by atoms with van der Waals surface area (Å²) in [4.78, 5) is 25.2. The van der Waals surface area contributed by atoms with E-state index in [0.29, 0.717) is 17.9 Å². The molecule has 0 saturated heterocycles. The van der Waals surface area contributed by atoms with Crippen molar-refractivity contribution in [2.24, 2.45) is 5.16 Å². The van der Waals surface area contributed by atoms with E-state index in [1.165, 1.54) is 0 Å². The summed E-state index contributed by atoms with van der Waals surface area (Å²) in [5.74, 6) is 0.642. The maximum absolute atomic E-state index is 13.3. The average Bonchev–Trinajstić information content (AvgIpc) is 3.52. The second kappa shape index (κ2) is 11.5. The number of nitrogens with one attached hydrogen (secondary N) is 1. The van der Waals surface area contributed by atoms with E-state index in [4.69, 9.17) is 4.84 Å². The predicted octanol–water partition coefficient (Wildman–Crippen LogP) is 5.26. The van der Waals surface area contributed by atoms with Gasteiger partial charge in [-0.15, -0.1) is 11.8 Å². The Morgan fingerprint density at radius 3 is 2.73 bits per heavy atom. The summed E-state index contributed by atoms with van der Waals surface area (Å²) >= 11 is 1.79. The Morgan fingerprint density at radius 1 is 1.11 bits per heavy atom. The number of oxime groups is 1. The fourth-order valence-corrected chi connectivity index (χ4v) is 5.53. The topological polar surface area (TPSA) is 71.8 Å². The molecule has 2 aromatic carbocycles. The highest BCUT2D eigenvalue weighted by atomic mass is 32.2. The lowest BCUT2D eigenvalue weighted by atomic mass is 10.0. The van der Waals surface area contributed by atoms with Crippen molar-refractivity contribution in [3.05, 3.63) is 119 Å². The third-order valence-electron chi connectivity index (χ3n) is 6.10. The summed E-state index contributed by atoms with van der Waals surface area (Å²) in [5.41, 5.74) is 6.07. The van der Waals surface area contributed by atoms with Gasteiger partial charge in [0.15, 0.2) is 0 Å². The summed E-state index contributed by atoms with van der Waals surface area (Å²) in [6.45, 7) is 1.25. The molecule has 1 unspecified atom stereocenters. The van der Waals surface area contributed by atoms with E-state index in [1.807, 2.05) is 98.1 Å². The third kappa shape index (κ3) is 5.76. The molecule has 0 spiro atoms. The number of hydrogen-bond donors (Lipinski definition) is 1. The molecule has 4 aromatic rings. The molecule has 1 aliphatic heterocycles. The van der Waals surface area contributed by atoms with Gasteiger partial charge in [-0.3, -0.25) is 9.78 Å². The summed E-state index contributed by atoms with van der Waals surface area (Å²) in [5, 5.41) is 7.67. The van der Waals surface area contributed by atoms with Gasteiger partial charge in [-0.25, -0.2) is 0 Å². The first-order chi connectivity index (χ1) is 18.1. The molecular weight excluding hydrogens is 482 g/mol. The number of anilines is 1. The number of aromatic nitrogens is 2. The van der Waals surface area contributed by atoms with Gasteiger partial charge < -0.3 is 19.6 Å². The molecule has 0 bridgehead atoms. The Morgan fingerprint density at radius 2 is 1.95 bits per heavy atom. The molecule has 1 atom stereocenters. The Hall–Kier alpha value is -3.88. The monoisotopic (exact) mass is 511 g/mol. The van der Waals surface area contributed by atoms with Crippen molar-refractivity contribution in [3.8, 4) is 0 Å². The van der Waals surface area contributed by atoms with Crippen molar-refractivity contribution in [2.75, 3.05) is 32.6 Å². The van der Waals surface area contributed by atoms with Gasteiger partial charge >= 0.3 is 0 Å². The number of carbonyl (C=O) groups is 1. The van der Waals surface area contributed by atoms with Crippen molar-refractivity contribution in [3.63, 3.8) is 0 Å². The molecule has 188 valence electrons. The summed E-state index contributed by atoms with van der Waals surface area (Å²) in [6.07, 6.45) is 5.65. The van der Waals surface area contributed by atoms with Crippen LogP contribution in [0.2, 0.25) is 0 Å². The number of rotatable bonds is 9. The van der Waals surface area contributed by atoms with Gasteiger partial charge in [0.05, 0.1) is 5.56 Å². The first kappa shape index (κ1) is 24.8. The number of amides is 1. The summed E-state index contributed by atoms with van der Waals surface area (Å²) in [7, 11) is 3.99. The van der Waals surface area contributed by atoms with Crippen LogP contribution >= 0.6 is 11.8 Å². The first-order valence-electron chi connectivity index (χ1n) is 12.1. The van der Waals surface area contributed by atoms with Crippen LogP contribution in [0.3, 0.4) is 0 Å². The number of pyridine rings is 1. The zero-order valence-corrected chi connectivity index (χ0v) is 21.7. The zero-order chi connectivity index (χ0) is 25.6. The highest BCUT2D eigenvalue weighted by Gasteiger charge is 2.28. The van der Waals surface area contributed by atoms with Gasteiger partial charge in [0, 0.05) is 59.0 Å². The van der Waals surface area contributed by atoms with Crippen LogP contribution in [0.5, 0.6) is 0 Å². The number of benzene rings is 2. The van der Waals surface area contributed by atoms with E-state index >= 15 is 0 Å². The number of carbonyl (C=O) groups excluding carboxylic acids is 1. The van der Waals surface area contributed by atoms with Gasteiger partial charge in [-0.2, -0.15) is 0 Å². The normalized spacial score (nSPS) is 15.0. The van der Waals surface area contributed by atoms with Crippen LogP contribution in [0.4, 0.5) is 5.69 Å². The standard InChI is InChI=1S/C29H29N5O2S/c1-33(2)16-17-36-32-27(21-8-4-3-5-9-21)22-10-6-12-24(18-22)31-28(35)25-13-15-34-26(25)20-37-29(34)23-11-7-14-30-19-23/h3-15,18-19,29H,16-17,20H2,1-2H3,(H,31,35)/b32-27+. The number of hydrogen-bond acceptors (Lipinski definition) is 6. The maximum atomic E-state index is 13.3. The van der Waals surface area contributed by atoms with Crippen LogP contribution in [0.1, 0.15) is 38.1 Å². The Bertz CT molecular complexity index is 1390. The summed E-state index contributed by atoms with van der Waals surface area (Å²) < 4.78 is 2.16. The molecule has 2 aromatic heterocycles. The highest BCUT2D eigenvalue weighted by Crippen LogP contribution is 2.42. The van der Waals surface area contributed by atoms with Crippen LogP contribution in [0.25, 0.3) is 0 Å². The molecule has 0 aliphatic carbocycles. The molecule has 1 amide bonds. The molecule has 7 nitrogen and oxygen atoms in total. The van der Waals surface area contributed by atoms with Crippen LogP contribution in [0, 0.1) is 0 Å². The molecule has 8 heteroatoms. The predicted molar refractivity (Wildman–Crippen MR) is 149 cm³/mol. The fraction of sp³-hybridized carbons (Fsp3) is 0.207. The van der Waals surface area contributed by atoms with Gasteiger partial charge in [-0.1, -0.05) is 53.7 Å². The minimum atomic E-state index is -0.126. The highest BCUT2D eigenvalue weighted by molar-refractivity contribution is 7.99.